The van der Waals surface area contributed by atoms with Crippen molar-refractivity contribution < 1.29 is 22.7 Å². The summed E-state index contributed by atoms with van der Waals surface area (Å²) in [5.74, 6) is -4.83. The van der Waals surface area contributed by atoms with Gasteiger partial charge in [-0.1, -0.05) is 18.2 Å². The normalized spacial score (nSPS) is 10.3. The summed E-state index contributed by atoms with van der Waals surface area (Å²) in [5.41, 5.74) is -0.533. The van der Waals surface area contributed by atoms with Crippen LogP contribution in [0.25, 0.3) is 0 Å². The van der Waals surface area contributed by atoms with Crippen LogP contribution < -0.4 is 4.74 Å². The second-order valence-electron chi connectivity index (χ2n) is 3.75. The minimum absolute atomic E-state index is 0.429. The van der Waals surface area contributed by atoms with E-state index in [9.17, 15) is 18.0 Å². The molecule has 98 valence electrons. The fourth-order valence-corrected chi connectivity index (χ4v) is 1.48. The van der Waals surface area contributed by atoms with Crippen molar-refractivity contribution in [3.8, 4) is 5.75 Å². The molecule has 0 bridgehead atoms. The molecule has 0 atom stereocenters. The van der Waals surface area contributed by atoms with Gasteiger partial charge in [0.05, 0.1) is 5.56 Å². The molecule has 0 saturated heterocycles. The standard InChI is InChI=1S/C14H9F3O2/c15-11-7-6-10(13(16)14(11)17)12(18)8-19-9-4-2-1-3-5-9/h1-7H,8H2. The van der Waals surface area contributed by atoms with E-state index in [-0.39, 0.29) is 0 Å². The molecular formula is C14H9F3O2. The maximum Gasteiger partial charge on any atom is 0.203 e. The smallest absolute Gasteiger partial charge is 0.203 e. The largest absolute Gasteiger partial charge is 0.485 e. The maximum atomic E-state index is 13.3. The Bertz CT molecular complexity index is 597. The number of rotatable bonds is 4. The first-order valence-corrected chi connectivity index (χ1v) is 5.44. The summed E-state index contributed by atoms with van der Waals surface area (Å²) >= 11 is 0. The fraction of sp³-hybridized carbons (Fsp3) is 0.0714. The molecule has 0 amide bonds. The second kappa shape index (κ2) is 5.56. The summed E-state index contributed by atoms with van der Waals surface area (Å²) in [5, 5.41) is 0. The average Bonchev–Trinajstić information content (AvgIpc) is 2.43. The molecule has 0 radical (unpaired) electrons. The highest BCUT2D eigenvalue weighted by molar-refractivity contribution is 5.97. The van der Waals surface area contributed by atoms with Crippen molar-refractivity contribution in [3.63, 3.8) is 0 Å². The van der Waals surface area contributed by atoms with E-state index in [1.807, 2.05) is 0 Å². The zero-order chi connectivity index (χ0) is 13.8. The fourth-order valence-electron chi connectivity index (χ4n) is 1.48. The highest BCUT2D eigenvalue weighted by atomic mass is 19.2. The van der Waals surface area contributed by atoms with E-state index in [4.69, 9.17) is 4.74 Å². The minimum Gasteiger partial charge on any atom is -0.485 e. The van der Waals surface area contributed by atoms with Crippen LogP contribution in [0.2, 0.25) is 0 Å². The lowest BCUT2D eigenvalue weighted by Gasteiger charge is -2.06. The zero-order valence-corrected chi connectivity index (χ0v) is 9.70. The number of para-hydroxylation sites is 1. The van der Waals surface area contributed by atoms with Gasteiger partial charge >= 0.3 is 0 Å². The van der Waals surface area contributed by atoms with Crippen molar-refractivity contribution in [1.29, 1.82) is 0 Å². The quantitative estimate of drug-likeness (QED) is 0.626. The molecule has 0 unspecified atom stereocenters. The Morgan fingerprint density at radius 3 is 2.32 bits per heavy atom. The van der Waals surface area contributed by atoms with Gasteiger partial charge in [0.15, 0.2) is 24.1 Å². The van der Waals surface area contributed by atoms with Gasteiger partial charge in [-0.2, -0.15) is 0 Å². The predicted molar refractivity (Wildman–Crippen MR) is 62.6 cm³/mol. The molecule has 0 spiro atoms. The second-order valence-corrected chi connectivity index (χ2v) is 3.75. The summed E-state index contributed by atoms with van der Waals surface area (Å²) in [6.07, 6.45) is 0. The van der Waals surface area contributed by atoms with Gasteiger partial charge in [0, 0.05) is 0 Å². The lowest BCUT2D eigenvalue weighted by Crippen LogP contribution is -2.14. The van der Waals surface area contributed by atoms with Crippen LogP contribution in [0.4, 0.5) is 13.2 Å². The van der Waals surface area contributed by atoms with E-state index in [1.165, 1.54) is 0 Å². The third kappa shape index (κ3) is 2.93. The number of hydrogen-bond acceptors (Lipinski definition) is 2. The molecule has 0 aliphatic rings. The molecule has 19 heavy (non-hydrogen) atoms. The van der Waals surface area contributed by atoms with E-state index in [1.54, 1.807) is 30.3 Å². The van der Waals surface area contributed by atoms with Gasteiger partial charge in [0.1, 0.15) is 5.75 Å². The summed E-state index contributed by atoms with van der Waals surface area (Å²) in [6, 6.07) is 10.0. The van der Waals surface area contributed by atoms with Crippen LogP contribution in [0, 0.1) is 17.5 Å². The van der Waals surface area contributed by atoms with Crippen molar-refractivity contribution in [1.82, 2.24) is 0 Å². The van der Waals surface area contributed by atoms with Crippen LogP contribution in [0.5, 0.6) is 5.75 Å². The third-order valence-electron chi connectivity index (χ3n) is 2.45. The van der Waals surface area contributed by atoms with Crippen LogP contribution in [0.3, 0.4) is 0 Å². The highest BCUT2D eigenvalue weighted by Crippen LogP contribution is 2.16. The van der Waals surface area contributed by atoms with E-state index >= 15 is 0 Å². The van der Waals surface area contributed by atoms with E-state index in [0.29, 0.717) is 11.8 Å². The molecule has 2 aromatic rings. The number of carbonyl (C=O) groups is 1. The molecule has 0 saturated carbocycles. The Morgan fingerprint density at radius 1 is 0.947 bits per heavy atom. The van der Waals surface area contributed by atoms with Crippen molar-refractivity contribution in [2.75, 3.05) is 6.61 Å². The van der Waals surface area contributed by atoms with Gasteiger partial charge in [-0.15, -0.1) is 0 Å². The summed E-state index contributed by atoms with van der Waals surface area (Å²) in [7, 11) is 0. The van der Waals surface area contributed by atoms with Gasteiger partial charge in [-0.25, -0.2) is 13.2 Å². The van der Waals surface area contributed by atoms with Crippen molar-refractivity contribution >= 4 is 5.78 Å². The summed E-state index contributed by atoms with van der Waals surface area (Å²) in [6.45, 7) is -0.452. The maximum absolute atomic E-state index is 13.3. The van der Waals surface area contributed by atoms with Crippen molar-refractivity contribution in [2.24, 2.45) is 0 Å². The van der Waals surface area contributed by atoms with Gasteiger partial charge in [-0.05, 0) is 24.3 Å². The lowest BCUT2D eigenvalue weighted by atomic mass is 10.1. The Labute approximate surface area is 107 Å². The third-order valence-corrected chi connectivity index (χ3v) is 2.45. The predicted octanol–water partition coefficient (Wildman–Crippen LogP) is 3.37. The first-order valence-electron chi connectivity index (χ1n) is 5.44. The Kier molecular flexibility index (Phi) is 3.85. The van der Waals surface area contributed by atoms with Gasteiger partial charge in [0.2, 0.25) is 5.78 Å². The van der Waals surface area contributed by atoms with Crippen LogP contribution in [-0.2, 0) is 0 Å². The van der Waals surface area contributed by atoms with Crippen LogP contribution in [0.1, 0.15) is 10.4 Å². The summed E-state index contributed by atoms with van der Waals surface area (Å²) < 4.78 is 44.2. The van der Waals surface area contributed by atoms with Crippen LogP contribution in [-0.4, -0.2) is 12.4 Å². The van der Waals surface area contributed by atoms with Crippen molar-refractivity contribution in [2.45, 2.75) is 0 Å². The van der Waals surface area contributed by atoms with Crippen molar-refractivity contribution in [3.05, 3.63) is 65.5 Å². The van der Waals surface area contributed by atoms with Crippen LogP contribution >= 0.6 is 0 Å². The molecule has 0 heterocycles. The van der Waals surface area contributed by atoms with Gasteiger partial charge in [0.25, 0.3) is 0 Å². The Hall–Kier alpha value is -2.30. The van der Waals surface area contributed by atoms with E-state index < -0.39 is 35.4 Å². The number of ether oxygens (including phenoxy) is 1. The molecule has 0 N–H and O–H groups in total. The minimum atomic E-state index is -1.66. The van der Waals surface area contributed by atoms with Gasteiger partial charge < -0.3 is 4.74 Å². The molecular weight excluding hydrogens is 257 g/mol. The Balaban J connectivity index is 2.11. The SMILES string of the molecule is O=C(COc1ccccc1)c1ccc(F)c(F)c1F. The number of Topliss-reactive ketones (excluding diaryl/α,β-unsaturated/α-hetero) is 1. The van der Waals surface area contributed by atoms with E-state index in [0.717, 1.165) is 6.07 Å². The number of hydrogen-bond donors (Lipinski definition) is 0. The summed E-state index contributed by atoms with van der Waals surface area (Å²) in [4.78, 5) is 11.6. The molecule has 0 fully saturated rings. The lowest BCUT2D eigenvalue weighted by molar-refractivity contribution is 0.0916. The molecule has 0 aromatic heterocycles. The molecule has 2 rings (SSSR count). The molecule has 2 aromatic carbocycles. The monoisotopic (exact) mass is 266 g/mol. The first-order chi connectivity index (χ1) is 9.09. The number of ketones is 1. The molecule has 2 nitrogen and oxygen atoms in total. The van der Waals surface area contributed by atoms with Crippen LogP contribution in [0.15, 0.2) is 42.5 Å². The molecule has 0 aliphatic heterocycles. The molecule has 0 aliphatic carbocycles. The average molecular weight is 266 g/mol. The number of halogens is 3. The zero-order valence-electron chi connectivity index (χ0n) is 9.70. The van der Waals surface area contributed by atoms with E-state index in [2.05, 4.69) is 0 Å². The first kappa shape index (κ1) is 13.1. The molecule has 5 heteroatoms. The topological polar surface area (TPSA) is 26.3 Å². The van der Waals surface area contributed by atoms with Gasteiger partial charge in [-0.3, -0.25) is 4.79 Å². The Morgan fingerprint density at radius 2 is 1.63 bits per heavy atom. The number of carbonyl (C=O) groups excluding carboxylic acids is 1. The highest BCUT2D eigenvalue weighted by Gasteiger charge is 2.18. The number of benzene rings is 2.